The molecule has 0 unspecified atom stereocenters. The summed E-state index contributed by atoms with van der Waals surface area (Å²) in [6.45, 7) is 1.54. The quantitative estimate of drug-likeness (QED) is 0.683. The van der Waals surface area contributed by atoms with Crippen LogP contribution in [0.4, 0.5) is 24.5 Å². The molecule has 0 saturated carbocycles. The lowest BCUT2D eigenvalue weighted by molar-refractivity contribution is -0.136. The smallest absolute Gasteiger partial charge is 0.418 e. The van der Waals surface area contributed by atoms with Crippen molar-refractivity contribution < 1.29 is 22.4 Å². The average molecular weight is 389 g/mol. The number of oxazole rings is 1. The summed E-state index contributed by atoms with van der Waals surface area (Å²) in [5, 5.41) is 2.31. The number of hydrogen-bond donors (Lipinski definition) is 1. The number of halogens is 3. The standard InChI is InChI=1S/C20H18F3N3O2/c1-12-17(25-19(28-12)13-7-5-4-6-8-13)18(27)24-16-10-9-14(26(2)3)11-15(16)20(21,22)23/h4-11H,1-3H3,(H,24,27). The molecule has 5 nitrogen and oxygen atoms in total. The first-order chi connectivity index (χ1) is 13.2. The van der Waals surface area contributed by atoms with Gasteiger partial charge in [-0.3, -0.25) is 4.79 Å². The van der Waals surface area contributed by atoms with Crippen LogP contribution in [-0.4, -0.2) is 25.0 Å². The molecule has 3 rings (SSSR count). The molecule has 28 heavy (non-hydrogen) atoms. The third-order valence-electron chi connectivity index (χ3n) is 4.11. The van der Waals surface area contributed by atoms with Crippen LogP contribution in [0.15, 0.2) is 52.9 Å². The molecule has 1 heterocycles. The molecule has 0 spiro atoms. The van der Waals surface area contributed by atoms with Gasteiger partial charge in [-0.15, -0.1) is 0 Å². The first-order valence-electron chi connectivity index (χ1n) is 8.39. The maximum Gasteiger partial charge on any atom is 0.418 e. The van der Waals surface area contributed by atoms with Gasteiger partial charge in [-0.1, -0.05) is 18.2 Å². The van der Waals surface area contributed by atoms with Crippen molar-refractivity contribution in [3.05, 3.63) is 65.5 Å². The van der Waals surface area contributed by atoms with Crippen molar-refractivity contribution in [1.82, 2.24) is 4.98 Å². The van der Waals surface area contributed by atoms with E-state index in [0.29, 0.717) is 11.3 Å². The Morgan fingerprint density at radius 2 is 1.79 bits per heavy atom. The van der Waals surface area contributed by atoms with E-state index in [4.69, 9.17) is 4.42 Å². The summed E-state index contributed by atoms with van der Waals surface area (Å²) in [6.07, 6.45) is -4.62. The van der Waals surface area contributed by atoms with Crippen LogP contribution < -0.4 is 10.2 Å². The fourth-order valence-electron chi connectivity index (χ4n) is 2.65. The molecule has 8 heteroatoms. The van der Waals surface area contributed by atoms with E-state index in [1.54, 1.807) is 43.3 Å². The number of anilines is 2. The van der Waals surface area contributed by atoms with E-state index in [0.717, 1.165) is 6.07 Å². The lowest BCUT2D eigenvalue weighted by Gasteiger charge is -2.18. The second-order valence-electron chi connectivity index (χ2n) is 6.37. The number of benzene rings is 2. The maximum atomic E-state index is 13.4. The largest absolute Gasteiger partial charge is 0.441 e. The zero-order valence-corrected chi connectivity index (χ0v) is 15.5. The minimum atomic E-state index is -4.62. The van der Waals surface area contributed by atoms with Crippen molar-refractivity contribution in [1.29, 1.82) is 0 Å². The first kappa shape index (κ1) is 19.5. The van der Waals surface area contributed by atoms with E-state index in [1.165, 1.54) is 19.1 Å². The van der Waals surface area contributed by atoms with Crippen LogP contribution in [0.3, 0.4) is 0 Å². The SMILES string of the molecule is Cc1oc(-c2ccccc2)nc1C(=O)Nc1ccc(N(C)C)cc1C(F)(F)F. The topological polar surface area (TPSA) is 58.4 Å². The van der Waals surface area contributed by atoms with Crippen molar-refractivity contribution in [2.45, 2.75) is 13.1 Å². The molecule has 1 aromatic heterocycles. The summed E-state index contributed by atoms with van der Waals surface area (Å²) < 4.78 is 45.8. The van der Waals surface area contributed by atoms with Gasteiger partial charge < -0.3 is 14.6 Å². The monoisotopic (exact) mass is 389 g/mol. The third-order valence-corrected chi connectivity index (χ3v) is 4.11. The molecule has 1 amide bonds. The summed E-state index contributed by atoms with van der Waals surface area (Å²) in [5.74, 6) is -0.330. The Labute approximate surface area is 159 Å². The summed E-state index contributed by atoms with van der Waals surface area (Å²) in [4.78, 5) is 18.3. The highest BCUT2D eigenvalue weighted by molar-refractivity contribution is 6.04. The van der Waals surface area contributed by atoms with Gasteiger partial charge in [-0.25, -0.2) is 4.98 Å². The van der Waals surface area contributed by atoms with Crippen LogP contribution in [0.2, 0.25) is 0 Å². The molecule has 2 aromatic carbocycles. The zero-order valence-electron chi connectivity index (χ0n) is 15.5. The van der Waals surface area contributed by atoms with Gasteiger partial charge in [-0.2, -0.15) is 13.2 Å². The second kappa shape index (κ2) is 7.38. The predicted octanol–water partition coefficient (Wildman–Crippen LogP) is 4.99. The van der Waals surface area contributed by atoms with Crippen molar-refractivity contribution >= 4 is 17.3 Å². The molecule has 3 aromatic rings. The normalized spacial score (nSPS) is 11.4. The number of carbonyl (C=O) groups is 1. The van der Waals surface area contributed by atoms with Crippen LogP contribution >= 0.6 is 0 Å². The van der Waals surface area contributed by atoms with E-state index in [2.05, 4.69) is 10.3 Å². The predicted molar refractivity (Wildman–Crippen MR) is 100 cm³/mol. The Hall–Kier alpha value is -3.29. The molecule has 0 aliphatic carbocycles. The lowest BCUT2D eigenvalue weighted by Crippen LogP contribution is -2.19. The number of aryl methyl sites for hydroxylation is 1. The van der Waals surface area contributed by atoms with Crippen molar-refractivity contribution in [2.75, 3.05) is 24.3 Å². The highest BCUT2D eigenvalue weighted by Gasteiger charge is 2.35. The molecule has 1 N–H and O–H groups in total. The molecule has 0 saturated heterocycles. The Morgan fingerprint density at radius 3 is 2.39 bits per heavy atom. The molecular weight excluding hydrogens is 371 g/mol. The molecule has 0 aliphatic heterocycles. The van der Waals surface area contributed by atoms with Crippen LogP contribution in [-0.2, 0) is 6.18 Å². The zero-order chi connectivity index (χ0) is 20.5. The summed E-state index contributed by atoms with van der Waals surface area (Å²) in [7, 11) is 3.27. The first-order valence-corrected chi connectivity index (χ1v) is 8.39. The van der Waals surface area contributed by atoms with Gasteiger partial charge in [0.1, 0.15) is 5.76 Å². The van der Waals surface area contributed by atoms with Gasteiger partial charge >= 0.3 is 6.18 Å². The van der Waals surface area contributed by atoms with Gasteiger partial charge in [0, 0.05) is 25.3 Å². The second-order valence-corrected chi connectivity index (χ2v) is 6.37. The van der Waals surface area contributed by atoms with Crippen LogP contribution in [0.1, 0.15) is 21.8 Å². The van der Waals surface area contributed by atoms with E-state index < -0.39 is 17.6 Å². The lowest BCUT2D eigenvalue weighted by atomic mass is 10.1. The number of rotatable bonds is 4. The van der Waals surface area contributed by atoms with Gasteiger partial charge in [0.15, 0.2) is 5.69 Å². The molecule has 146 valence electrons. The Kier molecular flexibility index (Phi) is 5.13. The Balaban J connectivity index is 1.93. The van der Waals surface area contributed by atoms with Gasteiger partial charge in [0.2, 0.25) is 5.89 Å². The molecule has 0 aliphatic rings. The average Bonchev–Trinajstić information content (AvgIpc) is 3.03. The minimum Gasteiger partial charge on any atom is -0.441 e. The Bertz CT molecular complexity index is 996. The Morgan fingerprint density at radius 1 is 1.11 bits per heavy atom. The fourth-order valence-corrected chi connectivity index (χ4v) is 2.65. The van der Waals surface area contributed by atoms with Crippen molar-refractivity contribution in [3.63, 3.8) is 0 Å². The number of alkyl halides is 3. The van der Waals surface area contributed by atoms with Crippen LogP contribution in [0, 0.1) is 6.92 Å². The van der Waals surface area contributed by atoms with E-state index in [9.17, 15) is 18.0 Å². The number of nitrogens with one attached hydrogen (secondary N) is 1. The van der Waals surface area contributed by atoms with E-state index in [-0.39, 0.29) is 23.0 Å². The van der Waals surface area contributed by atoms with E-state index in [1.807, 2.05) is 6.07 Å². The molecule has 0 atom stereocenters. The van der Waals surface area contributed by atoms with Crippen LogP contribution in [0.5, 0.6) is 0 Å². The van der Waals surface area contributed by atoms with Crippen molar-refractivity contribution in [2.24, 2.45) is 0 Å². The highest BCUT2D eigenvalue weighted by Crippen LogP contribution is 2.37. The number of carbonyl (C=O) groups excluding carboxylic acids is 1. The highest BCUT2D eigenvalue weighted by atomic mass is 19.4. The fraction of sp³-hybridized carbons (Fsp3) is 0.200. The number of hydrogen-bond acceptors (Lipinski definition) is 4. The summed E-state index contributed by atoms with van der Waals surface area (Å²) in [6, 6.07) is 12.6. The van der Waals surface area contributed by atoms with E-state index >= 15 is 0 Å². The van der Waals surface area contributed by atoms with Gasteiger partial charge in [0.25, 0.3) is 5.91 Å². The number of nitrogens with zero attached hydrogens (tertiary/aromatic N) is 2. The van der Waals surface area contributed by atoms with Gasteiger partial charge in [0.05, 0.1) is 11.3 Å². The van der Waals surface area contributed by atoms with Gasteiger partial charge in [-0.05, 0) is 37.3 Å². The molecule has 0 bridgehead atoms. The maximum absolute atomic E-state index is 13.4. The number of amides is 1. The summed E-state index contributed by atoms with van der Waals surface area (Å²) in [5.41, 5.74) is -0.308. The van der Waals surface area contributed by atoms with Crippen molar-refractivity contribution in [3.8, 4) is 11.5 Å². The third kappa shape index (κ3) is 4.00. The number of aromatic nitrogens is 1. The molecular formula is C20H18F3N3O2. The van der Waals surface area contributed by atoms with Crippen LogP contribution in [0.25, 0.3) is 11.5 Å². The minimum absolute atomic E-state index is 0.0661. The molecule has 0 radical (unpaired) electrons. The summed E-state index contributed by atoms with van der Waals surface area (Å²) >= 11 is 0. The molecule has 0 fully saturated rings.